The standard InChI is InChI=1S/C32H34O4/c1-33-29-17-25(18-30(21-29)34-2)13-11-23-7-5-9-27(15-23)28-10-6-8-24(16-28)12-14-26-19-31(35-3)22-32(20-26)36-4/h5-10,15-22H,11-14H2,1-4H3. The molecule has 4 aromatic rings. The van der Waals surface area contributed by atoms with Crippen molar-refractivity contribution in [2.75, 3.05) is 28.4 Å². The maximum atomic E-state index is 5.42. The molecular weight excluding hydrogens is 448 g/mol. The fraction of sp³-hybridized carbons (Fsp3) is 0.250. The summed E-state index contributed by atoms with van der Waals surface area (Å²) in [5.74, 6) is 3.29. The van der Waals surface area contributed by atoms with Crippen molar-refractivity contribution in [3.05, 3.63) is 107 Å². The summed E-state index contributed by atoms with van der Waals surface area (Å²) in [5.41, 5.74) is 7.49. The summed E-state index contributed by atoms with van der Waals surface area (Å²) in [7, 11) is 6.74. The van der Waals surface area contributed by atoms with Crippen LogP contribution in [0.1, 0.15) is 22.3 Å². The topological polar surface area (TPSA) is 36.9 Å². The Morgan fingerprint density at radius 2 is 0.722 bits per heavy atom. The van der Waals surface area contributed by atoms with Gasteiger partial charge >= 0.3 is 0 Å². The van der Waals surface area contributed by atoms with Gasteiger partial charge in [-0.15, -0.1) is 0 Å². The van der Waals surface area contributed by atoms with Gasteiger partial charge in [-0.3, -0.25) is 0 Å². The van der Waals surface area contributed by atoms with Crippen LogP contribution in [0.3, 0.4) is 0 Å². The van der Waals surface area contributed by atoms with Crippen LogP contribution in [0, 0.1) is 0 Å². The van der Waals surface area contributed by atoms with Crippen molar-refractivity contribution in [1.82, 2.24) is 0 Å². The Balaban J connectivity index is 1.45. The van der Waals surface area contributed by atoms with E-state index < -0.39 is 0 Å². The highest BCUT2D eigenvalue weighted by atomic mass is 16.5. The van der Waals surface area contributed by atoms with E-state index in [1.54, 1.807) is 28.4 Å². The zero-order valence-electron chi connectivity index (χ0n) is 21.5. The molecular formula is C32H34O4. The van der Waals surface area contributed by atoms with E-state index in [4.69, 9.17) is 18.9 Å². The summed E-state index contributed by atoms with van der Waals surface area (Å²) >= 11 is 0. The third-order valence-electron chi connectivity index (χ3n) is 6.41. The molecule has 36 heavy (non-hydrogen) atoms. The molecule has 0 heterocycles. The van der Waals surface area contributed by atoms with Gasteiger partial charge in [0, 0.05) is 12.1 Å². The van der Waals surface area contributed by atoms with Crippen molar-refractivity contribution in [3.8, 4) is 34.1 Å². The SMILES string of the molecule is COc1cc(CCc2cccc(-c3cccc(CCc4cc(OC)cc(OC)c4)c3)c2)cc(OC)c1. The Morgan fingerprint density at radius 1 is 0.389 bits per heavy atom. The predicted octanol–water partition coefficient (Wildman–Crippen LogP) is 6.96. The minimum Gasteiger partial charge on any atom is -0.497 e. The molecule has 0 atom stereocenters. The average Bonchev–Trinajstić information content (AvgIpc) is 2.94. The van der Waals surface area contributed by atoms with E-state index in [9.17, 15) is 0 Å². The van der Waals surface area contributed by atoms with E-state index in [0.717, 1.165) is 48.7 Å². The zero-order chi connectivity index (χ0) is 25.3. The molecule has 0 radical (unpaired) electrons. The van der Waals surface area contributed by atoms with Crippen LogP contribution in [0.4, 0.5) is 0 Å². The summed E-state index contributed by atoms with van der Waals surface area (Å²) in [6.07, 6.45) is 3.73. The monoisotopic (exact) mass is 482 g/mol. The van der Waals surface area contributed by atoms with E-state index in [0.29, 0.717) is 0 Å². The molecule has 0 aliphatic heterocycles. The van der Waals surface area contributed by atoms with Gasteiger partial charge in [0.2, 0.25) is 0 Å². The van der Waals surface area contributed by atoms with E-state index in [-0.39, 0.29) is 0 Å². The van der Waals surface area contributed by atoms with Crippen molar-refractivity contribution >= 4 is 0 Å². The fourth-order valence-electron chi connectivity index (χ4n) is 4.41. The van der Waals surface area contributed by atoms with Crippen molar-refractivity contribution in [2.45, 2.75) is 25.7 Å². The summed E-state index contributed by atoms with van der Waals surface area (Å²) in [6.45, 7) is 0. The lowest BCUT2D eigenvalue weighted by atomic mass is 9.96. The quantitative estimate of drug-likeness (QED) is 0.232. The Hall–Kier alpha value is -3.92. The van der Waals surface area contributed by atoms with E-state index in [1.165, 1.54) is 33.4 Å². The van der Waals surface area contributed by atoms with Gasteiger partial charge in [0.1, 0.15) is 23.0 Å². The lowest BCUT2D eigenvalue weighted by Gasteiger charge is -2.11. The number of methoxy groups -OCH3 is 4. The first-order valence-corrected chi connectivity index (χ1v) is 12.2. The average molecular weight is 483 g/mol. The first-order chi connectivity index (χ1) is 17.6. The van der Waals surface area contributed by atoms with Gasteiger partial charge in [-0.1, -0.05) is 48.5 Å². The molecule has 4 aromatic carbocycles. The van der Waals surface area contributed by atoms with Gasteiger partial charge < -0.3 is 18.9 Å². The summed E-state index contributed by atoms with van der Waals surface area (Å²) in [4.78, 5) is 0. The Kier molecular flexibility index (Phi) is 8.51. The molecule has 0 aliphatic rings. The molecule has 0 spiro atoms. The number of aryl methyl sites for hydroxylation is 4. The molecule has 0 aliphatic carbocycles. The van der Waals surface area contributed by atoms with Gasteiger partial charge in [0.05, 0.1) is 28.4 Å². The van der Waals surface area contributed by atoms with Crippen LogP contribution in [0.5, 0.6) is 23.0 Å². The van der Waals surface area contributed by atoms with Crippen LogP contribution < -0.4 is 18.9 Å². The molecule has 0 saturated carbocycles. The molecule has 186 valence electrons. The molecule has 4 rings (SSSR count). The van der Waals surface area contributed by atoms with Gasteiger partial charge in [-0.25, -0.2) is 0 Å². The smallest absolute Gasteiger partial charge is 0.122 e. The first kappa shape index (κ1) is 25.2. The highest BCUT2D eigenvalue weighted by Crippen LogP contribution is 2.27. The maximum Gasteiger partial charge on any atom is 0.122 e. The second-order valence-electron chi connectivity index (χ2n) is 8.84. The highest BCUT2D eigenvalue weighted by Gasteiger charge is 2.06. The number of benzene rings is 4. The molecule has 4 nitrogen and oxygen atoms in total. The minimum atomic E-state index is 0.822. The molecule has 0 aromatic heterocycles. The van der Waals surface area contributed by atoms with Crippen LogP contribution in [-0.2, 0) is 25.7 Å². The highest BCUT2D eigenvalue weighted by molar-refractivity contribution is 5.65. The van der Waals surface area contributed by atoms with Crippen LogP contribution in [0.2, 0.25) is 0 Å². The van der Waals surface area contributed by atoms with Crippen molar-refractivity contribution in [2.24, 2.45) is 0 Å². The number of hydrogen-bond donors (Lipinski definition) is 0. The second kappa shape index (κ2) is 12.2. The number of rotatable bonds is 11. The Bertz CT molecular complexity index is 1150. The predicted molar refractivity (Wildman–Crippen MR) is 146 cm³/mol. The molecule has 0 fully saturated rings. The normalized spacial score (nSPS) is 10.7. The minimum absolute atomic E-state index is 0.822. The van der Waals surface area contributed by atoms with E-state index in [2.05, 4.69) is 72.8 Å². The van der Waals surface area contributed by atoms with E-state index >= 15 is 0 Å². The number of hydrogen-bond acceptors (Lipinski definition) is 4. The fourth-order valence-corrected chi connectivity index (χ4v) is 4.41. The summed E-state index contributed by atoms with van der Waals surface area (Å²) < 4.78 is 21.7. The summed E-state index contributed by atoms with van der Waals surface area (Å²) in [5, 5.41) is 0. The third-order valence-corrected chi connectivity index (χ3v) is 6.41. The van der Waals surface area contributed by atoms with Crippen molar-refractivity contribution in [1.29, 1.82) is 0 Å². The lowest BCUT2D eigenvalue weighted by Crippen LogP contribution is -1.96. The van der Waals surface area contributed by atoms with Crippen LogP contribution in [0.15, 0.2) is 84.9 Å². The van der Waals surface area contributed by atoms with Gasteiger partial charge in [-0.2, -0.15) is 0 Å². The van der Waals surface area contributed by atoms with E-state index in [1.807, 2.05) is 12.1 Å². The van der Waals surface area contributed by atoms with Crippen molar-refractivity contribution in [3.63, 3.8) is 0 Å². The molecule has 0 bridgehead atoms. The molecule has 0 saturated heterocycles. The van der Waals surface area contributed by atoms with Gasteiger partial charge in [0.15, 0.2) is 0 Å². The van der Waals surface area contributed by atoms with Crippen molar-refractivity contribution < 1.29 is 18.9 Å². The first-order valence-electron chi connectivity index (χ1n) is 12.2. The lowest BCUT2D eigenvalue weighted by molar-refractivity contribution is 0.393. The van der Waals surface area contributed by atoms with Gasteiger partial charge in [0.25, 0.3) is 0 Å². The molecule has 0 unspecified atom stereocenters. The molecule has 4 heteroatoms. The largest absolute Gasteiger partial charge is 0.497 e. The van der Waals surface area contributed by atoms with Crippen LogP contribution in [0.25, 0.3) is 11.1 Å². The second-order valence-corrected chi connectivity index (χ2v) is 8.84. The van der Waals surface area contributed by atoms with Gasteiger partial charge in [-0.05, 0) is 83.3 Å². The third kappa shape index (κ3) is 6.60. The van der Waals surface area contributed by atoms with Crippen LogP contribution in [-0.4, -0.2) is 28.4 Å². The Labute approximate surface area is 214 Å². The summed E-state index contributed by atoms with van der Waals surface area (Å²) in [6, 6.07) is 29.8. The molecule has 0 amide bonds. The van der Waals surface area contributed by atoms with Crippen LogP contribution >= 0.6 is 0 Å². The Morgan fingerprint density at radius 3 is 1.06 bits per heavy atom. The molecule has 0 N–H and O–H groups in total. The number of ether oxygens (including phenoxy) is 4. The zero-order valence-corrected chi connectivity index (χ0v) is 21.5. The maximum absolute atomic E-state index is 5.42.